The lowest BCUT2D eigenvalue weighted by atomic mass is 10.1. The summed E-state index contributed by atoms with van der Waals surface area (Å²) in [5.74, 6) is -0.599. The number of amidine groups is 1. The molecule has 0 aliphatic carbocycles. The minimum Gasteiger partial charge on any atom is -0.462 e. The summed E-state index contributed by atoms with van der Waals surface area (Å²) in [5.41, 5.74) is 14.6. The third kappa shape index (κ3) is 9.64. The number of rotatable bonds is 13. The maximum absolute atomic E-state index is 13.6. The molecule has 0 bridgehead atoms. The average molecular weight is 676 g/mol. The van der Waals surface area contributed by atoms with E-state index in [1.807, 2.05) is 44.2 Å². The summed E-state index contributed by atoms with van der Waals surface area (Å²) >= 11 is 6.63. The molecule has 1 unspecified atom stereocenters. The lowest BCUT2D eigenvalue weighted by molar-refractivity contribution is 0.0526. The first-order valence-electron chi connectivity index (χ1n) is 15.2. The van der Waals surface area contributed by atoms with Crippen LogP contribution in [0.15, 0.2) is 82.6 Å². The van der Waals surface area contributed by atoms with Crippen molar-refractivity contribution in [3.63, 3.8) is 0 Å². The number of aliphatic imine (C=N–C) groups is 1. The van der Waals surface area contributed by atoms with Gasteiger partial charge in [-0.05, 0) is 50.1 Å². The van der Waals surface area contributed by atoms with Crippen molar-refractivity contribution in [3.05, 3.63) is 111 Å². The number of benzene rings is 3. The van der Waals surface area contributed by atoms with Crippen LogP contribution in [0.1, 0.15) is 47.8 Å². The number of nitrogens with one attached hydrogen (secondary N) is 2. The molecule has 3 aromatic carbocycles. The van der Waals surface area contributed by atoms with Gasteiger partial charge in [0, 0.05) is 29.4 Å². The average Bonchev–Trinajstić information content (AvgIpc) is 3.05. The van der Waals surface area contributed by atoms with Crippen molar-refractivity contribution < 1.29 is 24.2 Å². The van der Waals surface area contributed by atoms with Gasteiger partial charge in [0.1, 0.15) is 18.7 Å². The summed E-state index contributed by atoms with van der Waals surface area (Å²) < 4.78 is 11.5. The first-order chi connectivity index (χ1) is 22.9. The van der Waals surface area contributed by atoms with Gasteiger partial charge in [0.15, 0.2) is 11.0 Å². The lowest BCUT2D eigenvalue weighted by Gasteiger charge is -2.21. The minimum atomic E-state index is -1.22. The van der Waals surface area contributed by atoms with Gasteiger partial charge < -0.3 is 31.4 Å². The topological polar surface area (TPSA) is 196 Å². The third-order valence-corrected chi connectivity index (χ3v) is 7.12. The highest BCUT2D eigenvalue weighted by Gasteiger charge is 2.22. The van der Waals surface area contributed by atoms with E-state index in [0.717, 1.165) is 11.1 Å². The van der Waals surface area contributed by atoms with Gasteiger partial charge in [-0.1, -0.05) is 66.2 Å². The number of ether oxygens (including phenoxy) is 2. The highest BCUT2D eigenvalue weighted by Crippen LogP contribution is 2.29. The van der Waals surface area contributed by atoms with E-state index in [-0.39, 0.29) is 66.1 Å². The quantitative estimate of drug-likeness (QED) is 0.0446. The van der Waals surface area contributed by atoms with Crippen LogP contribution in [0.3, 0.4) is 0 Å². The van der Waals surface area contributed by atoms with Crippen LogP contribution in [-0.4, -0.2) is 51.4 Å². The maximum Gasteiger partial charge on any atom is 0.435 e. The molecule has 1 amide bonds. The van der Waals surface area contributed by atoms with Crippen LogP contribution in [0.25, 0.3) is 11.3 Å². The predicted octanol–water partition coefficient (Wildman–Crippen LogP) is 4.29. The predicted molar refractivity (Wildman–Crippen MR) is 185 cm³/mol. The molecule has 0 fully saturated rings. The number of halogens is 1. The number of nitrogens with zero attached hydrogens (tertiary/aromatic N) is 3. The zero-order valence-electron chi connectivity index (χ0n) is 26.8. The van der Waals surface area contributed by atoms with Crippen molar-refractivity contribution in [2.75, 3.05) is 17.7 Å². The van der Waals surface area contributed by atoms with Crippen molar-refractivity contribution in [2.45, 2.75) is 52.7 Å². The molecule has 13 nitrogen and oxygen atoms in total. The van der Waals surface area contributed by atoms with Gasteiger partial charge in [-0.15, -0.1) is 0 Å². The zero-order valence-corrected chi connectivity index (χ0v) is 27.5. The van der Waals surface area contributed by atoms with Gasteiger partial charge in [-0.2, -0.15) is 4.99 Å². The van der Waals surface area contributed by atoms with Gasteiger partial charge >= 0.3 is 12.1 Å². The number of nitrogen functional groups attached to an aromatic ring is 1. The lowest BCUT2D eigenvalue weighted by Crippen LogP contribution is -2.38. The number of carbonyl (C=O) groups is 2. The number of carbonyl (C=O) groups excluding carboxylic acids is 2. The van der Waals surface area contributed by atoms with Crippen molar-refractivity contribution in [1.29, 1.82) is 0 Å². The van der Waals surface area contributed by atoms with Gasteiger partial charge in [0.05, 0.1) is 24.4 Å². The van der Waals surface area contributed by atoms with Crippen LogP contribution < -0.4 is 27.7 Å². The second-order valence-corrected chi connectivity index (χ2v) is 11.4. The zero-order chi connectivity index (χ0) is 34.8. The number of aromatic nitrogens is 2. The first-order valence-corrected chi connectivity index (χ1v) is 15.5. The molecule has 14 heteroatoms. The van der Waals surface area contributed by atoms with Crippen LogP contribution in [-0.2, 0) is 29.2 Å². The van der Waals surface area contributed by atoms with E-state index < -0.39 is 23.8 Å². The molecule has 0 saturated heterocycles. The van der Waals surface area contributed by atoms with Crippen molar-refractivity contribution in [3.8, 4) is 11.3 Å². The van der Waals surface area contributed by atoms with Crippen LogP contribution >= 0.6 is 11.6 Å². The molecular formula is C34H38ClN7O6. The Balaban J connectivity index is 1.49. The number of esters is 1. The van der Waals surface area contributed by atoms with E-state index in [4.69, 9.17) is 32.5 Å². The van der Waals surface area contributed by atoms with E-state index in [1.54, 1.807) is 37.3 Å². The molecule has 0 spiro atoms. The van der Waals surface area contributed by atoms with Crippen molar-refractivity contribution >= 4 is 41.0 Å². The summed E-state index contributed by atoms with van der Waals surface area (Å²) in [6.07, 6.45) is -2.03. The van der Waals surface area contributed by atoms with E-state index in [1.165, 1.54) is 16.7 Å². The number of amides is 1. The van der Waals surface area contributed by atoms with Crippen LogP contribution in [0.4, 0.5) is 16.3 Å². The number of aliphatic hydroxyl groups is 1. The Bertz CT molecular complexity index is 1830. The SMILES string of the molecule is CCOC(=O)c1cc(N)cc(-c2c(Cl)nc(NC(C)C)c(=O)n2CC(O)NCc2ccc(/C(N)=N/C(=O)OCc3ccccc3)cc2)c1. The van der Waals surface area contributed by atoms with Gasteiger partial charge in [0.25, 0.3) is 5.56 Å². The number of aliphatic hydroxyl groups excluding tert-OH is 1. The molecule has 1 atom stereocenters. The van der Waals surface area contributed by atoms with Crippen LogP contribution in [0.2, 0.25) is 5.15 Å². The Morgan fingerprint density at radius 3 is 2.40 bits per heavy atom. The minimum absolute atomic E-state index is 0.000687. The molecule has 4 aromatic rings. The second-order valence-electron chi connectivity index (χ2n) is 11.0. The Morgan fingerprint density at radius 2 is 1.73 bits per heavy atom. The highest BCUT2D eigenvalue weighted by atomic mass is 35.5. The molecule has 0 aliphatic heterocycles. The Hall–Kier alpha value is -5.24. The summed E-state index contributed by atoms with van der Waals surface area (Å²) in [5, 5.41) is 16.9. The molecule has 0 aliphatic rings. The Morgan fingerprint density at radius 1 is 1.02 bits per heavy atom. The molecule has 7 N–H and O–H groups in total. The van der Waals surface area contributed by atoms with Gasteiger partial charge in [-0.25, -0.2) is 14.6 Å². The van der Waals surface area contributed by atoms with E-state index in [9.17, 15) is 19.5 Å². The van der Waals surface area contributed by atoms with E-state index >= 15 is 0 Å². The molecular weight excluding hydrogens is 638 g/mol. The van der Waals surface area contributed by atoms with Crippen LogP contribution in [0, 0.1) is 0 Å². The molecule has 1 aromatic heterocycles. The fourth-order valence-corrected chi connectivity index (χ4v) is 4.95. The summed E-state index contributed by atoms with van der Waals surface area (Å²) in [7, 11) is 0. The molecule has 0 radical (unpaired) electrons. The molecule has 4 rings (SSSR count). The number of anilines is 2. The van der Waals surface area contributed by atoms with E-state index in [2.05, 4.69) is 20.6 Å². The Labute approximate surface area is 282 Å². The summed E-state index contributed by atoms with van der Waals surface area (Å²) in [4.78, 5) is 46.3. The summed E-state index contributed by atoms with van der Waals surface area (Å²) in [6.45, 7) is 5.59. The van der Waals surface area contributed by atoms with E-state index in [0.29, 0.717) is 11.1 Å². The standard InChI is InChI=1S/C34H38ClN7O6/c1-4-47-33(45)25-14-24(15-26(36)16-25)28-29(35)40-31(39-20(2)3)32(44)42(28)18-27(43)38-17-21-10-12-23(13-11-21)30(37)41-34(46)48-19-22-8-6-5-7-9-22/h5-16,20,27,38,43H,4,17-19,36H2,1-3H3,(H,39,40)(H2,37,41,46). The normalized spacial score (nSPS) is 12.1. The highest BCUT2D eigenvalue weighted by molar-refractivity contribution is 6.32. The molecule has 1 heterocycles. The monoisotopic (exact) mass is 675 g/mol. The second kappa shape index (κ2) is 16.5. The largest absolute Gasteiger partial charge is 0.462 e. The van der Waals surface area contributed by atoms with Crippen molar-refractivity contribution in [2.24, 2.45) is 10.7 Å². The first kappa shape index (κ1) is 35.6. The summed E-state index contributed by atoms with van der Waals surface area (Å²) in [6, 6.07) is 20.5. The number of hydrogen-bond acceptors (Lipinski definition) is 10. The molecule has 252 valence electrons. The fraction of sp³-hybridized carbons (Fsp3) is 0.265. The number of nitrogens with two attached hydrogens (primary N) is 2. The maximum atomic E-state index is 13.6. The molecule has 48 heavy (non-hydrogen) atoms. The van der Waals surface area contributed by atoms with Gasteiger partial charge in [0.2, 0.25) is 0 Å². The molecule has 0 saturated carbocycles. The van der Waals surface area contributed by atoms with Crippen LogP contribution in [0.5, 0.6) is 0 Å². The Kier molecular flexibility index (Phi) is 12.3. The van der Waals surface area contributed by atoms with Gasteiger partial charge in [-0.3, -0.25) is 14.7 Å². The third-order valence-electron chi connectivity index (χ3n) is 6.85. The fourth-order valence-electron chi connectivity index (χ4n) is 4.66. The number of hydrogen-bond donors (Lipinski definition) is 5. The smallest absolute Gasteiger partial charge is 0.435 e. The van der Waals surface area contributed by atoms with Crippen molar-refractivity contribution in [1.82, 2.24) is 14.9 Å².